The quantitative estimate of drug-likeness (QED) is 0.662. The monoisotopic (exact) mass is 326 g/mol. The number of hydrogen-bond acceptors (Lipinski definition) is 6. The number of rotatable bonds is 7. The summed E-state index contributed by atoms with van der Waals surface area (Å²) in [6.45, 7) is 0.762. The van der Waals surface area contributed by atoms with Crippen molar-refractivity contribution < 1.29 is 18.6 Å². The Balaban J connectivity index is 1.70. The molecule has 0 aliphatic carbocycles. The Morgan fingerprint density at radius 1 is 0.958 bits per heavy atom. The van der Waals surface area contributed by atoms with Crippen molar-refractivity contribution in [3.05, 3.63) is 60.2 Å². The fourth-order valence-electron chi connectivity index (χ4n) is 2.30. The van der Waals surface area contributed by atoms with Gasteiger partial charge in [-0.15, -0.1) is 0 Å². The van der Waals surface area contributed by atoms with Gasteiger partial charge in [-0.3, -0.25) is 4.98 Å². The number of hydrogen-bond donors (Lipinski definition) is 0. The van der Waals surface area contributed by atoms with Crippen LogP contribution in [-0.4, -0.2) is 24.2 Å². The van der Waals surface area contributed by atoms with Crippen molar-refractivity contribution >= 4 is 0 Å². The summed E-state index contributed by atoms with van der Waals surface area (Å²) in [5.41, 5.74) is 2.30. The summed E-state index contributed by atoms with van der Waals surface area (Å²) in [4.78, 5) is 8.65. The van der Waals surface area contributed by atoms with E-state index in [0.717, 1.165) is 11.3 Å². The average molecular weight is 326 g/mol. The molecular formula is C18H18N2O4. The maximum atomic E-state index is 5.62. The van der Waals surface area contributed by atoms with Gasteiger partial charge in [-0.05, 0) is 24.3 Å². The van der Waals surface area contributed by atoms with Crippen molar-refractivity contribution in [2.45, 2.75) is 13.2 Å². The topological polar surface area (TPSA) is 66.6 Å². The molecule has 0 aliphatic heterocycles. The summed E-state index contributed by atoms with van der Waals surface area (Å²) in [6.07, 6.45) is 3.31. The molecule has 124 valence electrons. The van der Waals surface area contributed by atoms with Gasteiger partial charge >= 0.3 is 0 Å². The highest BCUT2D eigenvalue weighted by atomic mass is 16.5. The van der Waals surface area contributed by atoms with Gasteiger partial charge in [-0.2, -0.15) is 0 Å². The number of para-hydroxylation sites is 1. The molecular weight excluding hydrogens is 308 g/mol. The number of ether oxygens (including phenoxy) is 3. The molecule has 3 aromatic rings. The molecule has 2 aromatic heterocycles. The largest absolute Gasteiger partial charge is 0.493 e. The van der Waals surface area contributed by atoms with Gasteiger partial charge in [0.05, 0.1) is 38.7 Å². The third-order valence-corrected chi connectivity index (χ3v) is 3.41. The van der Waals surface area contributed by atoms with Crippen LogP contribution in [0.15, 0.2) is 53.3 Å². The van der Waals surface area contributed by atoms with E-state index >= 15 is 0 Å². The van der Waals surface area contributed by atoms with Crippen molar-refractivity contribution in [2.75, 3.05) is 14.2 Å². The minimum atomic E-state index is 0.340. The molecule has 0 saturated carbocycles. The first-order valence-corrected chi connectivity index (χ1v) is 7.45. The lowest BCUT2D eigenvalue weighted by molar-refractivity contribution is 0.102. The Morgan fingerprint density at radius 2 is 1.83 bits per heavy atom. The van der Waals surface area contributed by atoms with Crippen LogP contribution in [0.2, 0.25) is 0 Å². The Morgan fingerprint density at radius 3 is 2.58 bits per heavy atom. The fraction of sp³-hybridized carbons (Fsp3) is 0.222. The van der Waals surface area contributed by atoms with E-state index in [1.54, 1.807) is 26.7 Å². The van der Waals surface area contributed by atoms with E-state index in [4.69, 9.17) is 18.6 Å². The summed E-state index contributed by atoms with van der Waals surface area (Å²) in [7, 11) is 3.18. The molecule has 0 radical (unpaired) electrons. The van der Waals surface area contributed by atoms with Gasteiger partial charge < -0.3 is 18.6 Å². The van der Waals surface area contributed by atoms with Gasteiger partial charge in [0.2, 0.25) is 5.89 Å². The van der Waals surface area contributed by atoms with Crippen molar-refractivity contribution in [3.8, 4) is 23.0 Å². The molecule has 6 heteroatoms. The van der Waals surface area contributed by atoms with Crippen LogP contribution in [0.5, 0.6) is 11.5 Å². The van der Waals surface area contributed by atoms with E-state index in [0.29, 0.717) is 36.3 Å². The lowest BCUT2D eigenvalue weighted by atomic mass is 10.2. The first-order valence-electron chi connectivity index (χ1n) is 7.45. The van der Waals surface area contributed by atoms with E-state index in [-0.39, 0.29) is 0 Å². The predicted molar refractivity (Wildman–Crippen MR) is 87.8 cm³/mol. The molecule has 0 bridgehead atoms. The molecule has 0 saturated heterocycles. The Kier molecular flexibility index (Phi) is 5.08. The second kappa shape index (κ2) is 7.61. The van der Waals surface area contributed by atoms with Crippen LogP contribution >= 0.6 is 0 Å². The summed E-state index contributed by atoms with van der Waals surface area (Å²) >= 11 is 0. The van der Waals surface area contributed by atoms with Gasteiger partial charge in [0.15, 0.2) is 11.5 Å². The molecule has 6 nitrogen and oxygen atoms in total. The van der Waals surface area contributed by atoms with E-state index in [1.165, 1.54) is 0 Å². The van der Waals surface area contributed by atoms with Crippen molar-refractivity contribution in [2.24, 2.45) is 0 Å². The Hall–Kier alpha value is -2.86. The van der Waals surface area contributed by atoms with Gasteiger partial charge in [-0.25, -0.2) is 4.98 Å². The molecule has 0 atom stereocenters. The molecule has 0 amide bonds. The van der Waals surface area contributed by atoms with E-state index in [9.17, 15) is 0 Å². The van der Waals surface area contributed by atoms with Crippen LogP contribution in [0.4, 0.5) is 0 Å². The first-order chi connectivity index (χ1) is 11.8. The molecule has 24 heavy (non-hydrogen) atoms. The predicted octanol–water partition coefficient (Wildman–Crippen LogP) is 3.47. The highest BCUT2D eigenvalue weighted by molar-refractivity contribution is 5.67. The second-order valence-electron chi connectivity index (χ2n) is 5.00. The van der Waals surface area contributed by atoms with Crippen LogP contribution in [-0.2, 0) is 18.0 Å². The molecule has 3 rings (SSSR count). The zero-order valence-electron chi connectivity index (χ0n) is 13.6. The summed E-state index contributed by atoms with van der Waals surface area (Å²) in [5.74, 6) is 1.67. The summed E-state index contributed by atoms with van der Waals surface area (Å²) in [6, 6.07) is 11.3. The van der Waals surface area contributed by atoms with Crippen LogP contribution in [0.3, 0.4) is 0 Å². The number of oxazole rings is 1. The third kappa shape index (κ3) is 3.55. The van der Waals surface area contributed by atoms with E-state index < -0.39 is 0 Å². The number of benzene rings is 1. The number of methoxy groups -OCH3 is 2. The van der Waals surface area contributed by atoms with Crippen molar-refractivity contribution in [3.63, 3.8) is 0 Å². The second-order valence-corrected chi connectivity index (χ2v) is 5.00. The van der Waals surface area contributed by atoms with Crippen molar-refractivity contribution in [1.82, 2.24) is 9.97 Å². The smallest absolute Gasteiger partial charge is 0.230 e. The van der Waals surface area contributed by atoms with Crippen LogP contribution in [0.25, 0.3) is 11.5 Å². The number of pyridine rings is 1. The Bertz CT molecular complexity index is 787. The van der Waals surface area contributed by atoms with Crippen LogP contribution < -0.4 is 9.47 Å². The van der Waals surface area contributed by atoms with Gasteiger partial charge in [0.1, 0.15) is 12.0 Å². The van der Waals surface area contributed by atoms with Gasteiger partial charge in [0, 0.05) is 6.20 Å². The van der Waals surface area contributed by atoms with Crippen LogP contribution in [0.1, 0.15) is 11.4 Å². The first kappa shape index (κ1) is 16.0. The highest BCUT2D eigenvalue weighted by Crippen LogP contribution is 2.37. The standard InChI is InChI=1S/C18H18N2O4/c1-21-16-8-5-7-15(17(16)22-2)18-20-14(12-24-18)11-23-10-13-6-3-4-9-19-13/h3-9,12H,10-11H2,1-2H3. The lowest BCUT2D eigenvalue weighted by Crippen LogP contribution is -1.96. The lowest BCUT2D eigenvalue weighted by Gasteiger charge is -2.09. The van der Waals surface area contributed by atoms with E-state index in [2.05, 4.69) is 9.97 Å². The SMILES string of the molecule is COc1cccc(-c2nc(COCc3ccccn3)co2)c1OC. The molecule has 2 heterocycles. The van der Waals surface area contributed by atoms with Gasteiger partial charge in [0.25, 0.3) is 0 Å². The maximum absolute atomic E-state index is 5.62. The summed E-state index contributed by atoms with van der Waals surface area (Å²) in [5, 5.41) is 0. The number of aromatic nitrogens is 2. The molecule has 0 spiro atoms. The molecule has 0 fully saturated rings. The maximum Gasteiger partial charge on any atom is 0.230 e. The molecule has 1 aromatic carbocycles. The minimum Gasteiger partial charge on any atom is -0.493 e. The normalized spacial score (nSPS) is 10.6. The average Bonchev–Trinajstić information content (AvgIpc) is 3.10. The zero-order chi connectivity index (χ0) is 16.8. The van der Waals surface area contributed by atoms with Crippen LogP contribution in [0, 0.1) is 0 Å². The van der Waals surface area contributed by atoms with E-state index in [1.807, 2.05) is 36.4 Å². The summed E-state index contributed by atoms with van der Waals surface area (Å²) < 4.78 is 21.9. The van der Waals surface area contributed by atoms with Gasteiger partial charge in [-0.1, -0.05) is 12.1 Å². The fourth-order valence-corrected chi connectivity index (χ4v) is 2.30. The Labute approximate surface area is 140 Å². The number of nitrogens with zero attached hydrogens (tertiary/aromatic N) is 2. The minimum absolute atomic E-state index is 0.340. The molecule has 0 aliphatic rings. The molecule has 0 N–H and O–H groups in total. The third-order valence-electron chi connectivity index (χ3n) is 3.41. The highest BCUT2D eigenvalue weighted by Gasteiger charge is 2.16. The zero-order valence-corrected chi connectivity index (χ0v) is 13.6. The van der Waals surface area contributed by atoms with Crippen molar-refractivity contribution in [1.29, 1.82) is 0 Å². The molecule has 0 unspecified atom stereocenters.